The van der Waals surface area contributed by atoms with Gasteiger partial charge in [0.15, 0.2) is 9.84 Å². The van der Waals surface area contributed by atoms with Crippen LogP contribution in [0.4, 0.5) is 0 Å². The molecule has 1 aliphatic carbocycles. The van der Waals surface area contributed by atoms with Gasteiger partial charge in [0, 0.05) is 11.6 Å². The number of sulfone groups is 1. The summed E-state index contributed by atoms with van der Waals surface area (Å²) in [6.07, 6.45) is 1.49. The van der Waals surface area contributed by atoms with Crippen molar-refractivity contribution in [3.8, 4) is 6.07 Å². The van der Waals surface area contributed by atoms with Crippen LogP contribution < -0.4 is 10.6 Å². The van der Waals surface area contributed by atoms with E-state index in [1.165, 1.54) is 24.3 Å². The Labute approximate surface area is 139 Å². The molecule has 1 saturated carbocycles. The minimum atomic E-state index is -3.52. The van der Waals surface area contributed by atoms with Crippen LogP contribution in [-0.4, -0.2) is 37.7 Å². The van der Waals surface area contributed by atoms with Crippen molar-refractivity contribution in [2.75, 3.05) is 6.54 Å². The molecular formula is C15H16ClN3O3S. The normalized spacial score (nSPS) is 25.6. The summed E-state index contributed by atoms with van der Waals surface area (Å²) in [4.78, 5) is 12.4. The summed E-state index contributed by atoms with van der Waals surface area (Å²) in [5.74, 6) is -0.308. The number of benzene rings is 1. The predicted octanol–water partition coefficient (Wildman–Crippen LogP) is 1.02. The fourth-order valence-corrected chi connectivity index (χ4v) is 4.46. The average molecular weight is 354 g/mol. The number of carbonyl (C=O) groups is 1. The Morgan fingerprint density at radius 1 is 1.35 bits per heavy atom. The SMILES string of the molecule is N#CC1(NC(=O)[C@@H]2C[C@@H](S(=O)(=O)c3ccc(Cl)cc3)CN2)CC1. The highest BCUT2D eigenvalue weighted by Crippen LogP contribution is 2.34. The van der Waals surface area contributed by atoms with Gasteiger partial charge in [0.1, 0.15) is 5.54 Å². The van der Waals surface area contributed by atoms with Gasteiger partial charge in [-0.1, -0.05) is 11.6 Å². The van der Waals surface area contributed by atoms with Crippen LogP contribution >= 0.6 is 11.6 Å². The second-order valence-electron chi connectivity index (χ2n) is 6.00. The molecule has 1 heterocycles. The van der Waals surface area contributed by atoms with E-state index in [0.29, 0.717) is 17.9 Å². The molecule has 3 rings (SSSR count). The molecule has 2 N–H and O–H groups in total. The highest BCUT2D eigenvalue weighted by atomic mass is 35.5. The van der Waals surface area contributed by atoms with Gasteiger partial charge < -0.3 is 10.6 Å². The predicted molar refractivity (Wildman–Crippen MR) is 84.6 cm³/mol. The molecule has 122 valence electrons. The largest absolute Gasteiger partial charge is 0.336 e. The molecule has 2 fully saturated rings. The molecule has 0 aromatic heterocycles. The second-order valence-corrected chi connectivity index (χ2v) is 8.67. The topological polar surface area (TPSA) is 99.1 Å². The highest BCUT2D eigenvalue weighted by molar-refractivity contribution is 7.92. The van der Waals surface area contributed by atoms with Crippen LogP contribution in [0.15, 0.2) is 29.2 Å². The molecule has 0 spiro atoms. The zero-order valence-electron chi connectivity index (χ0n) is 12.3. The van der Waals surface area contributed by atoms with Gasteiger partial charge in [0.25, 0.3) is 0 Å². The van der Waals surface area contributed by atoms with Crippen LogP contribution in [0.1, 0.15) is 19.3 Å². The van der Waals surface area contributed by atoms with Crippen molar-refractivity contribution in [3.63, 3.8) is 0 Å². The molecule has 1 aromatic carbocycles. The minimum Gasteiger partial charge on any atom is -0.336 e. The van der Waals surface area contributed by atoms with Crippen LogP contribution in [0.25, 0.3) is 0 Å². The van der Waals surface area contributed by atoms with Crippen LogP contribution in [-0.2, 0) is 14.6 Å². The molecule has 6 nitrogen and oxygen atoms in total. The molecule has 23 heavy (non-hydrogen) atoms. The van der Waals surface area contributed by atoms with Crippen molar-refractivity contribution in [1.82, 2.24) is 10.6 Å². The summed E-state index contributed by atoms with van der Waals surface area (Å²) in [5.41, 5.74) is -0.744. The van der Waals surface area contributed by atoms with Crippen LogP contribution in [0.5, 0.6) is 0 Å². The molecule has 1 saturated heterocycles. The molecule has 2 atom stereocenters. The van der Waals surface area contributed by atoms with Crippen molar-refractivity contribution in [3.05, 3.63) is 29.3 Å². The Morgan fingerprint density at radius 2 is 2.00 bits per heavy atom. The fraction of sp³-hybridized carbons (Fsp3) is 0.467. The van der Waals surface area contributed by atoms with Gasteiger partial charge in [-0.15, -0.1) is 0 Å². The first-order chi connectivity index (χ1) is 10.9. The molecule has 0 unspecified atom stereocenters. The molecule has 8 heteroatoms. The number of carbonyl (C=O) groups excluding carboxylic acids is 1. The van der Waals surface area contributed by atoms with E-state index in [1.54, 1.807) is 0 Å². The molecular weight excluding hydrogens is 338 g/mol. The van der Waals surface area contributed by atoms with E-state index in [4.69, 9.17) is 16.9 Å². The van der Waals surface area contributed by atoms with E-state index >= 15 is 0 Å². The maximum absolute atomic E-state index is 12.6. The lowest BCUT2D eigenvalue weighted by Crippen LogP contribution is -2.45. The third kappa shape index (κ3) is 3.20. The number of hydrogen-bond donors (Lipinski definition) is 2. The third-order valence-electron chi connectivity index (χ3n) is 4.31. The van der Waals surface area contributed by atoms with E-state index in [2.05, 4.69) is 16.7 Å². The zero-order chi connectivity index (χ0) is 16.7. The maximum Gasteiger partial charge on any atom is 0.238 e. The van der Waals surface area contributed by atoms with Gasteiger partial charge in [-0.05, 0) is 43.5 Å². The third-order valence-corrected chi connectivity index (χ3v) is 6.73. The Balaban J connectivity index is 1.68. The molecule has 1 amide bonds. The lowest BCUT2D eigenvalue weighted by molar-refractivity contribution is -0.123. The van der Waals surface area contributed by atoms with Gasteiger partial charge in [-0.25, -0.2) is 8.42 Å². The van der Waals surface area contributed by atoms with Gasteiger partial charge in [-0.3, -0.25) is 4.79 Å². The lowest BCUT2D eigenvalue weighted by Gasteiger charge is -2.14. The Hall–Kier alpha value is -1.62. The van der Waals surface area contributed by atoms with Crippen molar-refractivity contribution >= 4 is 27.3 Å². The monoisotopic (exact) mass is 353 g/mol. The first-order valence-corrected chi connectivity index (χ1v) is 9.25. The number of amides is 1. The first-order valence-electron chi connectivity index (χ1n) is 7.32. The first kappa shape index (κ1) is 16.2. The highest BCUT2D eigenvalue weighted by Gasteiger charge is 2.47. The summed E-state index contributed by atoms with van der Waals surface area (Å²) in [6, 6.07) is 7.51. The van der Waals surface area contributed by atoms with E-state index in [0.717, 1.165) is 0 Å². The van der Waals surface area contributed by atoms with E-state index < -0.39 is 26.7 Å². The Kier molecular flexibility index (Phi) is 4.08. The molecule has 0 radical (unpaired) electrons. The minimum absolute atomic E-state index is 0.193. The summed E-state index contributed by atoms with van der Waals surface area (Å²) in [6.45, 7) is 0.211. The fourth-order valence-electron chi connectivity index (χ4n) is 2.67. The second kappa shape index (κ2) is 5.78. The van der Waals surface area contributed by atoms with E-state index in [-0.39, 0.29) is 23.8 Å². The smallest absolute Gasteiger partial charge is 0.238 e. The van der Waals surface area contributed by atoms with E-state index in [9.17, 15) is 13.2 Å². The standard InChI is InChI=1S/C15H16ClN3O3S/c16-10-1-3-11(4-2-10)23(21,22)12-7-13(18-8-12)14(20)19-15(9-17)5-6-15/h1-4,12-13,18H,5-8H2,(H,19,20)/t12-,13+/m1/s1. The van der Waals surface area contributed by atoms with Crippen LogP contribution in [0.2, 0.25) is 5.02 Å². The van der Waals surface area contributed by atoms with Crippen molar-refractivity contribution in [2.45, 2.75) is 41.0 Å². The molecule has 1 aliphatic heterocycles. The van der Waals surface area contributed by atoms with Crippen LogP contribution in [0, 0.1) is 11.3 Å². The molecule has 0 bridgehead atoms. The van der Waals surface area contributed by atoms with Crippen LogP contribution in [0.3, 0.4) is 0 Å². The number of rotatable bonds is 4. The van der Waals surface area contributed by atoms with Crippen molar-refractivity contribution in [2.24, 2.45) is 0 Å². The maximum atomic E-state index is 12.6. The number of nitrogens with zero attached hydrogens (tertiary/aromatic N) is 1. The number of nitriles is 1. The van der Waals surface area contributed by atoms with Crippen molar-refractivity contribution in [1.29, 1.82) is 5.26 Å². The van der Waals surface area contributed by atoms with Gasteiger partial charge in [0.2, 0.25) is 5.91 Å². The summed E-state index contributed by atoms with van der Waals surface area (Å²) < 4.78 is 25.2. The average Bonchev–Trinajstić information content (AvgIpc) is 3.11. The Morgan fingerprint density at radius 3 is 2.57 bits per heavy atom. The Bertz CT molecular complexity index is 766. The number of halogens is 1. The quantitative estimate of drug-likeness (QED) is 0.841. The molecule has 2 aliphatic rings. The number of hydrogen-bond acceptors (Lipinski definition) is 5. The van der Waals surface area contributed by atoms with Crippen molar-refractivity contribution < 1.29 is 13.2 Å². The summed E-state index contributed by atoms with van der Waals surface area (Å²) in [5, 5.41) is 14.5. The summed E-state index contributed by atoms with van der Waals surface area (Å²) >= 11 is 5.78. The van der Waals surface area contributed by atoms with Gasteiger partial charge in [0.05, 0.1) is 22.3 Å². The number of nitrogens with one attached hydrogen (secondary N) is 2. The van der Waals surface area contributed by atoms with E-state index in [1.807, 2.05) is 0 Å². The lowest BCUT2D eigenvalue weighted by atomic mass is 10.2. The zero-order valence-corrected chi connectivity index (χ0v) is 13.8. The van der Waals surface area contributed by atoms with Gasteiger partial charge >= 0.3 is 0 Å². The van der Waals surface area contributed by atoms with Gasteiger partial charge in [-0.2, -0.15) is 5.26 Å². The summed E-state index contributed by atoms with van der Waals surface area (Å²) in [7, 11) is -3.52. The molecule has 1 aromatic rings.